The van der Waals surface area contributed by atoms with E-state index in [1.807, 2.05) is 0 Å². The SMILES string of the molecule is CC(=O)c1nn(-c2ccc([N+](=O)[O-])cc2)c(C)c1C(=O)c1ccccc1. The number of ketones is 2. The molecule has 0 radical (unpaired) electrons. The predicted molar refractivity (Wildman–Crippen MR) is 94.8 cm³/mol. The summed E-state index contributed by atoms with van der Waals surface area (Å²) >= 11 is 0. The minimum atomic E-state index is -0.495. The van der Waals surface area contributed by atoms with Crippen LogP contribution in [0, 0.1) is 17.0 Å². The van der Waals surface area contributed by atoms with Gasteiger partial charge >= 0.3 is 0 Å². The number of nitro benzene ring substituents is 1. The highest BCUT2D eigenvalue weighted by atomic mass is 16.6. The van der Waals surface area contributed by atoms with Crippen molar-refractivity contribution in [3.8, 4) is 5.69 Å². The molecule has 7 heteroatoms. The molecule has 7 nitrogen and oxygen atoms in total. The van der Waals surface area contributed by atoms with E-state index in [0.29, 0.717) is 16.9 Å². The fraction of sp³-hybridized carbons (Fsp3) is 0.105. The largest absolute Gasteiger partial charge is 0.293 e. The van der Waals surface area contributed by atoms with Gasteiger partial charge in [-0.1, -0.05) is 30.3 Å². The van der Waals surface area contributed by atoms with Crippen LogP contribution >= 0.6 is 0 Å². The molecule has 0 amide bonds. The first kappa shape index (κ1) is 17.2. The molecule has 1 aromatic heterocycles. The van der Waals surface area contributed by atoms with Crippen LogP contribution in [0.25, 0.3) is 5.69 Å². The van der Waals surface area contributed by atoms with Crippen LogP contribution in [0.2, 0.25) is 0 Å². The molecule has 130 valence electrons. The van der Waals surface area contributed by atoms with Crippen molar-refractivity contribution in [2.24, 2.45) is 0 Å². The van der Waals surface area contributed by atoms with Crippen molar-refractivity contribution in [2.45, 2.75) is 13.8 Å². The Labute approximate surface area is 149 Å². The van der Waals surface area contributed by atoms with Gasteiger partial charge in [0, 0.05) is 24.6 Å². The van der Waals surface area contributed by atoms with E-state index in [9.17, 15) is 19.7 Å². The average Bonchev–Trinajstić information content (AvgIpc) is 2.99. The predicted octanol–water partition coefficient (Wildman–Crippen LogP) is 3.52. The van der Waals surface area contributed by atoms with Crippen LogP contribution in [0.5, 0.6) is 0 Å². The summed E-state index contributed by atoms with van der Waals surface area (Å²) in [4.78, 5) is 35.2. The molecule has 3 rings (SSSR count). The maximum atomic E-state index is 12.9. The third-order valence-corrected chi connectivity index (χ3v) is 4.02. The number of Topliss-reactive ketones (excluding diaryl/α,β-unsaturated/α-hetero) is 1. The zero-order chi connectivity index (χ0) is 18.8. The van der Waals surface area contributed by atoms with Crippen LogP contribution in [0.15, 0.2) is 54.6 Å². The maximum Gasteiger partial charge on any atom is 0.269 e. The number of carbonyl (C=O) groups is 2. The lowest BCUT2D eigenvalue weighted by atomic mass is 10.00. The molecule has 0 bridgehead atoms. The van der Waals surface area contributed by atoms with E-state index in [4.69, 9.17) is 0 Å². The van der Waals surface area contributed by atoms with Crippen molar-refractivity contribution < 1.29 is 14.5 Å². The Morgan fingerprint density at radius 2 is 1.65 bits per heavy atom. The standard InChI is InChI=1S/C19H15N3O4/c1-12-17(19(24)14-6-4-3-5-7-14)18(13(2)23)20-21(12)15-8-10-16(11-9-15)22(25)26/h3-11H,1-2H3. The Balaban J connectivity index is 2.13. The first-order chi connectivity index (χ1) is 12.4. The number of nitrogens with zero attached hydrogens (tertiary/aromatic N) is 3. The second-order valence-corrected chi connectivity index (χ2v) is 5.75. The molecular weight excluding hydrogens is 334 g/mol. The minimum Gasteiger partial charge on any atom is -0.293 e. The number of carbonyl (C=O) groups excluding carboxylic acids is 2. The number of rotatable bonds is 5. The van der Waals surface area contributed by atoms with Gasteiger partial charge in [0.1, 0.15) is 5.69 Å². The van der Waals surface area contributed by atoms with Gasteiger partial charge in [0.25, 0.3) is 5.69 Å². The first-order valence-corrected chi connectivity index (χ1v) is 7.85. The maximum absolute atomic E-state index is 12.9. The summed E-state index contributed by atoms with van der Waals surface area (Å²) in [6, 6.07) is 14.4. The zero-order valence-electron chi connectivity index (χ0n) is 14.2. The monoisotopic (exact) mass is 349 g/mol. The van der Waals surface area contributed by atoms with Crippen molar-refractivity contribution in [1.82, 2.24) is 9.78 Å². The van der Waals surface area contributed by atoms with Crippen molar-refractivity contribution in [3.05, 3.63) is 87.2 Å². The van der Waals surface area contributed by atoms with Crippen molar-refractivity contribution >= 4 is 17.3 Å². The quantitative estimate of drug-likeness (QED) is 0.399. The molecule has 0 aliphatic rings. The first-order valence-electron chi connectivity index (χ1n) is 7.85. The lowest BCUT2D eigenvalue weighted by Crippen LogP contribution is -2.08. The second-order valence-electron chi connectivity index (χ2n) is 5.75. The van der Waals surface area contributed by atoms with Gasteiger partial charge in [-0.15, -0.1) is 0 Å². The van der Waals surface area contributed by atoms with E-state index < -0.39 is 4.92 Å². The molecule has 0 atom stereocenters. The summed E-state index contributed by atoms with van der Waals surface area (Å²) in [6.07, 6.45) is 0. The molecule has 0 unspecified atom stereocenters. The summed E-state index contributed by atoms with van der Waals surface area (Å²) in [5.74, 6) is -0.616. The van der Waals surface area contributed by atoms with Gasteiger partial charge in [-0.05, 0) is 19.1 Å². The summed E-state index contributed by atoms with van der Waals surface area (Å²) in [5.41, 5.74) is 1.75. The number of hydrogen-bond donors (Lipinski definition) is 0. The molecule has 0 fully saturated rings. The summed E-state index contributed by atoms with van der Waals surface area (Å²) < 4.78 is 1.45. The molecular formula is C19H15N3O4. The summed E-state index contributed by atoms with van der Waals surface area (Å²) in [5, 5.41) is 15.1. The van der Waals surface area contributed by atoms with E-state index >= 15 is 0 Å². The number of hydrogen-bond acceptors (Lipinski definition) is 5. The third kappa shape index (κ3) is 3.02. The summed E-state index contributed by atoms with van der Waals surface area (Å²) in [6.45, 7) is 3.04. The van der Waals surface area contributed by atoms with E-state index in [-0.39, 0.29) is 28.5 Å². The van der Waals surface area contributed by atoms with Crippen molar-refractivity contribution in [3.63, 3.8) is 0 Å². The van der Waals surface area contributed by atoms with Gasteiger partial charge < -0.3 is 0 Å². The van der Waals surface area contributed by atoms with Crippen molar-refractivity contribution in [1.29, 1.82) is 0 Å². The average molecular weight is 349 g/mol. The Bertz CT molecular complexity index is 1010. The molecule has 0 saturated heterocycles. The van der Waals surface area contributed by atoms with Crippen LogP contribution in [0.1, 0.15) is 39.0 Å². The van der Waals surface area contributed by atoms with Gasteiger partial charge in [-0.2, -0.15) is 5.10 Å². The van der Waals surface area contributed by atoms with Crippen LogP contribution < -0.4 is 0 Å². The highest BCUT2D eigenvalue weighted by molar-refractivity contribution is 6.15. The molecule has 3 aromatic rings. The zero-order valence-corrected chi connectivity index (χ0v) is 14.2. The van der Waals surface area contributed by atoms with Gasteiger partial charge in [-0.25, -0.2) is 4.68 Å². The smallest absolute Gasteiger partial charge is 0.269 e. The molecule has 0 spiro atoms. The Hall–Kier alpha value is -3.61. The number of benzene rings is 2. The Morgan fingerprint density at radius 3 is 2.19 bits per heavy atom. The molecule has 0 aliphatic carbocycles. The second kappa shape index (κ2) is 6.72. The van der Waals surface area contributed by atoms with E-state index in [0.717, 1.165) is 0 Å². The fourth-order valence-corrected chi connectivity index (χ4v) is 2.72. The molecule has 2 aromatic carbocycles. The van der Waals surface area contributed by atoms with Crippen LogP contribution in [-0.2, 0) is 0 Å². The number of non-ortho nitro benzene ring substituents is 1. The fourth-order valence-electron chi connectivity index (χ4n) is 2.72. The van der Waals surface area contributed by atoms with Gasteiger partial charge in [0.2, 0.25) is 0 Å². The molecule has 0 N–H and O–H groups in total. The minimum absolute atomic E-state index is 0.0501. The van der Waals surface area contributed by atoms with Gasteiger partial charge in [-0.3, -0.25) is 19.7 Å². The van der Waals surface area contributed by atoms with E-state index in [2.05, 4.69) is 5.10 Å². The van der Waals surface area contributed by atoms with Crippen LogP contribution in [0.3, 0.4) is 0 Å². The number of nitro groups is 1. The summed E-state index contributed by atoms with van der Waals surface area (Å²) in [7, 11) is 0. The topological polar surface area (TPSA) is 95.1 Å². The molecule has 1 heterocycles. The van der Waals surface area contributed by atoms with Crippen molar-refractivity contribution in [2.75, 3.05) is 0 Å². The lowest BCUT2D eigenvalue weighted by Gasteiger charge is -2.05. The molecule has 0 saturated carbocycles. The Morgan fingerprint density at radius 1 is 1.04 bits per heavy atom. The van der Waals surface area contributed by atoms with Gasteiger partial charge in [0.05, 0.1) is 21.9 Å². The highest BCUT2D eigenvalue weighted by Crippen LogP contribution is 2.23. The third-order valence-electron chi connectivity index (χ3n) is 4.02. The van der Waals surface area contributed by atoms with Crippen LogP contribution in [0.4, 0.5) is 5.69 Å². The van der Waals surface area contributed by atoms with E-state index in [1.165, 1.54) is 35.9 Å². The normalized spacial score (nSPS) is 10.5. The Kier molecular flexibility index (Phi) is 4.45. The van der Waals surface area contributed by atoms with E-state index in [1.54, 1.807) is 37.3 Å². The number of aromatic nitrogens is 2. The molecule has 0 aliphatic heterocycles. The lowest BCUT2D eigenvalue weighted by molar-refractivity contribution is -0.384. The van der Waals surface area contributed by atoms with Gasteiger partial charge in [0.15, 0.2) is 11.6 Å². The molecule has 26 heavy (non-hydrogen) atoms. The highest BCUT2D eigenvalue weighted by Gasteiger charge is 2.25. The van der Waals surface area contributed by atoms with Crippen LogP contribution in [-0.4, -0.2) is 26.3 Å².